The third-order valence-corrected chi connectivity index (χ3v) is 2.75. The second kappa shape index (κ2) is 5.86. The van der Waals surface area contributed by atoms with Crippen LogP contribution in [0.25, 0.3) is 0 Å². The molecule has 0 saturated heterocycles. The first-order valence-corrected chi connectivity index (χ1v) is 5.20. The van der Waals surface area contributed by atoms with Gasteiger partial charge in [0.25, 0.3) is 0 Å². The molecule has 5 nitrogen and oxygen atoms in total. The molecule has 17 heavy (non-hydrogen) atoms. The zero-order chi connectivity index (χ0) is 12.9. The smallest absolute Gasteiger partial charge is 0.207 e. The summed E-state index contributed by atoms with van der Waals surface area (Å²) >= 11 is 0. The minimum atomic E-state index is -0.959. The van der Waals surface area contributed by atoms with Crippen molar-refractivity contribution in [3.05, 3.63) is 23.8 Å². The summed E-state index contributed by atoms with van der Waals surface area (Å²) in [4.78, 5) is 0. The van der Waals surface area contributed by atoms with Gasteiger partial charge in [-0.25, -0.2) is 0 Å². The molecule has 0 aliphatic carbocycles. The van der Waals surface area contributed by atoms with E-state index in [1.807, 2.05) is 6.07 Å². The van der Waals surface area contributed by atoms with E-state index in [9.17, 15) is 0 Å². The number of hydrogen-bond donors (Lipinski definition) is 1. The Morgan fingerprint density at radius 2 is 1.59 bits per heavy atom. The second-order valence-electron chi connectivity index (χ2n) is 3.44. The van der Waals surface area contributed by atoms with Crippen LogP contribution in [0.2, 0.25) is 0 Å². The molecule has 0 fully saturated rings. The van der Waals surface area contributed by atoms with Crippen molar-refractivity contribution < 1.29 is 18.9 Å². The lowest BCUT2D eigenvalue weighted by molar-refractivity contribution is -0.208. The van der Waals surface area contributed by atoms with Crippen molar-refractivity contribution in [1.82, 2.24) is 0 Å². The first-order valence-electron chi connectivity index (χ1n) is 5.20. The largest absolute Gasteiger partial charge is 0.493 e. The van der Waals surface area contributed by atoms with Crippen LogP contribution in [0.15, 0.2) is 18.2 Å². The average molecular weight is 241 g/mol. The van der Waals surface area contributed by atoms with E-state index >= 15 is 0 Å². The Labute approximate surface area is 101 Å². The molecular formula is C12H19NO4. The molecular weight excluding hydrogens is 222 g/mol. The van der Waals surface area contributed by atoms with Gasteiger partial charge in [0.15, 0.2) is 11.5 Å². The molecule has 1 rings (SSSR count). The van der Waals surface area contributed by atoms with Crippen molar-refractivity contribution in [1.29, 1.82) is 0 Å². The van der Waals surface area contributed by atoms with E-state index in [4.69, 9.17) is 24.7 Å². The molecule has 0 heterocycles. The van der Waals surface area contributed by atoms with E-state index in [0.717, 1.165) is 5.56 Å². The van der Waals surface area contributed by atoms with Crippen molar-refractivity contribution in [2.45, 2.75) is 5.79 Å². The number of methoxy groups -OCH3 is 4. The van der Waals surface area contributed by atoms with Gasteiger partial charge in [-0.3, -0.25) is 0 Å². The van der Waals surface area contributed by atoms with Gasteiger partial charge in [0, 0.05) is 19.8 Å². The zero-order valence-electron chi connectivity index (χ0n) is 10.6. The summed E-state index contributed by atoms with van der Waals surface area (Å²) in [5.41, 5.74) is 6.48. The Morgan fingerprint density at radius 1 is 1.00 bits per heavy atom. The minimum Gasteiger partial charge on any atom is -0.493 e. The topological polar surface area (TPSA) is 62.9 Å². The summed E-state index contributed by atoms with van der Waals surface area (Å²) in [7, 11) is 6.26. The van der Waals surface area contributed by atoms with Crippen molar-refractivity contribution in [3.63, 3.8) is 0 Å². The van der Waals surface area contributed by atoms with Crippen LogP contribution in [0.5, 0.6) is 11.5 Å². The normalized spacial score (nSPS) is 11.4. The number of ether oxygens (including phenoxy) is 4. The lowest BCUT2D eigenvalue weighted by Gasteiger charge is -2.30. The van der Waals surface area contributed by atoms with Crippen LogP contribution < -0.4 is 15.2 Å². The van der Waals surface area contributed by atoms with Crippen LogP contribution in [-0.2, 0) is 15.3 Å². The SMILES string of the molecule is COc1ccc(C(CN)(OC)OC)cc1OC. The predicted octanol–water partition coefficient (Wildman–Crippen LogP) is 1.11. The van der Waals surface area contributed by atoms with Gasteiger partial charge in [0.1, 0.15) is 0 Å². The number of rotatable bonds is 6. The van der Waals surface area contributed by atoms with Crippen molar-refractivity contribution >= 4 is 0 Å². The highest BCUT2D eigenvalue weighted by molar-refractivity contribution is 5.44. The highest BCUT2D eigenvalue weighted by Gasteiger charge is 2.31. The summed E-state index contributed by atoms with van der Waals surface area (Å²) in [6, 6.07) is 5.41. The maximum absolute atomic E-state index is 5.70. The van der Waals surface area contributed by atoms with Gasteiger partial charge in [-0.15, -0.1) is 0 Å². The Bertz CT molecular complexity index is 355. The van der Waals surface area contributed by atoms with Crippen LogP contribution in [-0.4, -0.2) is 35.0 Å². The maximum Gasteiger partial charge on any atom is 0.207 e. The van der Waals surface area contributed by atoms with Gasteiger partial charge < -0.3 is 24.7 Å². The summed E-state index contributed by atoms with van der Waals surface area (Å²) in [6.45, 7) is 0.204. The summed E-state index contributed by atoms with van der Waals surface area (Å²) in [5.74, 6) is 0.297. The quantitative estimate of drug-likeness (QED) is 0.756. The predicted molar refractivity (Wildman–Crippen MR) is 64.3 cm³/mol. The molecule has 1 aromatic carbocycles. The summed E-state index contributed by atoms with van der Waals surface area (Å²) < 4.78 is 21.1. The molecule has 96 valence electrons. The fraction of sp³-hybridized carbons (Fsp3) is 0.500. The van der Waals surface area contributed by atoms with Crippen LogP contribution in [0.1, 0.15) is 5.56 Å². The number of hydrogen-bond acceptors (Lipinski definition) is 5. The van der Waals surface area contributed by atoms with Gasteiger partial charge in [-0.1, -0.05) is 0 Å². The van der Waals surface area contributed by atoms with E-state index in [-0.39, 0.29) is 6.54 Å². The molecule has 5 heteroatoms. The minimum absolute atomic E-state index is 0.204. The van der Waals surface area contributed by atoms with Crippen LogP contribution >= 0.6 is 0 Å². The summed E-state index contributed by atoms with van der Waals surface area (Å²) in [5, 5.41) is 0. The van der Waals surface area contributed by atoms with Crippen molar-refractivity contribution in [2.24, 2.45) is 5.73 Å². The summed E-state index contributed by atoms with van der Waals surface area (Å²) in [6.07, 6.45) is 0. The van der Waals surface area contributed by atoms with E-state index in [0.29, 0.717) is 11.5 Å². The number of nitrogens with two attached hydrogens (primary N) is 1. The molecule has 0 amide bonds. The molecule has 0 aliphatic heterocycles. The van der Waals surface area contributed by atoms with Gasteiger partial charge in [-0.05, 0) is 18.2 Å². The Kier molecular flexibility index (Phi) is 4.74. The first-order chi connectivity index (χ1) is 8.17. The van der Waals surface area contributed by atoms with E-state index in [1.165, 1.54) is 0 Å². The highest BCUT2D eigenvalue weighted by atomic mass is 16.7. The zero-order valence-corrected chi connectivity index (χ0v) is 10.6. The fourth-order valence-electron chi connectivity index (χ4n) is 1.68. The molecule has 0 bridgehead atoms. The van der Waals surface area contributed by atoms with Crippen LogP contribution in [0.4, 0.5) is 0 Å². The fourth-order valence-corrected chi connectivity index (χ4v) is 1.68. The van der Waals surface area contributed by atoms with E-state index < -0.39 is 5.79 Å². The second-order valence-corrected chi connectivity index (χ2v) is 3.44. The molecule has 0 unspecified atom stereocenters. The Morgan fingerprint density at radius 3 is 2.00 bits per heavy atom. The monoisotopic (exact) mass is 241 g/mol. The molecule has 1 aromatic rings. The molecule has 0 radical (unpaired) electrons. The molecule has 0 aliphatic rings. The Hall–Kier alpha value is -1.30. The average Bonchev–Trinajstić information content (AvgIpc) is 2.41. The van der Waals surface area contributed by atoms with Crippen molar-refractivity contribution in [3.8, 4) is 11.5 Å². The van der Waals surface area contributed by atoms with Crippen molar-refractivity contribution in [2.75, 3.05) is 35.0 Å². The molecule has 0 atom stereocenters. The molecule has 0 saturated carbocycles. The van der Waals surface area contributed by atoms with E-state index in [2.05, 4.69) is 0 Å². The third-order valence-electron chi connectivity index (χ3n) is 2.75. The first kappa shape index (κ1) is 13.8. The van der Waals surface area contributed by atoms with Gasteiger partial charge in [0.2, 0.25) is 5.79 Å². The van der Waals surface area contributed by atoms with Gasteiger partial charge in [-0.2, -0.15) is 0 Å². The number of benzene rings is 1. The molecule has 2 N–H and O–H groups in total. The maximum atomic E-state index is 5.70. The van der Waals surface area contributed by atoms with Gasteiger partial charge in [0.05, 0.1) is 20.8 Å². The molecule has 0 aromatic heterocycles. The van der Waals surface area contributed by atoms with Gasteiger partial charge >= 0.3 is 0 Å². The van der Waals surface area contributed by atoms with E-state index in [1.54, 1.807) is 40.6 Å². The Balaban J connectivity index is 3.22. The standard InChI is InChI=1S/C12H19NO4/c1-14-10-6-5-9(7-11(10)15-2)12(8-13,16-3)17-4/h5-7H,8,13H2,1-4H3. The molecule has 0 spiro atoms. The van der Waals surface area contributed by atoms with Crippen LogP contribution in [0.3, 0.4) is 0 Å². The lowest BCUT2D eigenvalue weighted by atomic mass is 10.0. The van der Waals surface area contributed by atoms with Crippen LogP contribution in [0, 0.1) is 0 Å². The highest BCUT2D eigenvalue weighted by Crippen LogP contribution is 2.33. The third kappa shape index (κ3) is 2.52. The lowest BCUT2D eigenvalue weighted by Crippen LogP contribution is -2.38.